The van der Waals surface area contributed by atoms with Crippen LogP contribution < -0.4 is 5.32 Å². The van der Waals surface area contributed by atoms with E-state index in [4.69, 9.17) is 0 Å². The maximum atomic E-state index is 13.9. The molecule has 0 saturated carbocycles. The molecule has 1 unspecified atom stereocenters. The van der Waals surface area contributed by atoms with Crippen LogP contribution in [0.3, 0.4) is 0 Å². The van der Waals surface area contributed by atoms with Gasteiger partial charge in [0, 0.05) is 14.9 Å². The Balaban J connectivity index is 2.51. The van der Waals surface area contributed by atoms with Crippen LogP contribution in [-0.2, 0) is 0 Å². The molecular formula is C13H11Br2F2NS. The Bertz CT molecular complexity index is 546. The molecule has 0 spiro atoms. The van der Waals surface area contributed by atoms with Gasteiger partial charge in [0.15, 0.2) is 0 Å². The average molecular weight is 411 g/mol. The van der Waals surface area contributed by atoms with Crippen LogP contribution >= 0.6 is 43.2 Å². The van der Waals surface area contributed by atoms with Gasteiger partial charge < -0.3 is 5.32 Å². The van der Waals surface area contributed by atoms with Gasteiger partial charge in [-0.05, 0) is 56.6 Å². The maximum absolute atomic E-state index is 13.9. The van der Waals surface area contributed by atoms with Crippen molar-refractivity contribution in [1.82, 2.24) is 5.32 Å². The third kappa shape index (κ3) is 3.24. The van der Waals surface area contributed by atoms with Crippen LogP contribution in [0.5, 0.6) is 0 Å². The molecular weight excluding hydrogens is 400 g/mol. The number of thiophene rings is 1. The van der Waals surface area contributed by atoms with Gasteiger partial charge in [-0.15, -0.1) is 11.3 Å². The van der Waals surface area contributed by atoms with E-state index in [0.29, 0.717) is 6.54 Å². The predicted octanol–water partition coefficient (Wildman–Crippen LogP) is 5.25. The van der Waals surface area contributed by atoms with Gasteiger partial charge in [0.1, 0.15) is 11.6 Å². The Morgan fingerprint density at radius 2 is 1.89 bits per heavy atom. The van der Waals surface area contributed by atoms with Gasteiger partial charge >= 0.3 is 0 Å². The van der Waals surface area contributed by atoms with Crippen LogP contribution in [0.15, 0.2) is 32.5 Å². The van der Waals surface area contributed by atoms with Gasteiger partial charge in [0.05, 0.1) is 9.83 Å². The molecule has 19 heavy (non-hydrogen) atoms. The molecule has 6 heteroatoms. The standard InChI is InChI=1S/C13H11Br2F2NS/c1-2-18-12(10-6-7(14)13(15)19-10)11-8(16)4-3-5-9(11)17/h3-6,12,18H,2H2,1H3. The van der Waals surface area contributed by atoms with Crippen molar-refractivity contribution in [3.05, 3.63) is 54.6 Å². The summed E-state index contributed by atoms with van der Waals surface area (Å²) in [6.45, 7) is 2.52. The summed E-state index contributed by atoms with van der Waals surface area (Å²) in [6, 6.07) is 5.31. The van der Waals surface area contributed by atoms with E-state index in [1.54, 1.807) is 0 Å². The van der Waals surface area contributed by atoms with Crippen molar-refractivity contribution in [2.75, 3.05) is 6.54 Å². The van der Waals surface area contributed by atoms with Crippen molar-refractivity contribution in [3.63, 3.8) is 0 Å². The summed E-state index contributed by atoms with van der Waals surface area (Å²) in [6.07, 6.45) is 0. The monoisotopic (exact) mass is 409 g/mol. The minimum atomic E-state index is -0.536. The molecule has 0 saturated heterocycles. The molecule has 0 aliphatic rings. The Morgan fingerprint density at radius 3 is 2.37 bits per heavy atom. The topological polar surface area (TPSA) is 12.0 Å². The molecule has 1 nitrogen and oxygen atoms in total. The Kier molecular flexibility index (Phi) is 5.11. The molecule has 1 atom stereocenters. The highest BCUT2D eigenvalue weighted by Crippen LogP contribution is 2.38. The summed E-state index contributed by atoms with van der Waals surface area (Å²) < 4.78 is 29.6. The molecule has 2 rings (SSSR count). The molecule has 1 N–H and O–H groups in total. The lowest BCUT2D eigenvalue weighted by Gasteiger charge is -2.18. The molecule has 102 valence electrons. The predicted molar refractivity (Wildman–Crippen MR) is 81.6 cm³/mol. The zero-order valence-electron chi connectivity index (χ0n) is 10.0. The van der Waals surface area contributed by atoms with E-state index < -0.39 is 17.7 Å². The summed E-state index contributed by atoms with van der Waals surface area (Å²) in [5, 5.41) is 3.13. The zero-order valence-corrected chi connectivity index (χ0v) is 14.0. The van der Waals surface area contributed by atoms with Crippen LogP contribution in [-0.4, -0.2) is 6.54 Å². The first-order valence-corrected chi connectivity index (χ1v) is 8.06. The minimum Gasteiger partial charge on any atom is -0.306 e. The quantitative estimate of drug-likeness (QED) is 0.725. The van der Waals surface area contributed by atoms with E-state index in [1.165, 1.54) is 29.5 Å². The summed E-state index contributed by atoms with van der Waals surface area (Å²) in [7, 11) is 0. The second kappa shape index (κ2) is 6.43. The Labute approximate surface area is 131 Å². The van der Waals surface area contributed by atoms with E-state index in [2.05, 4.69) is 37.2 Å². The number of halogens is 4. The molecule has 0 radical (unpaired) electrons. The summed E-state index contributed by atoms with van der Waals surface area (Å²) in [5.74, 6) is -1.07. The number of rotatable bonds is 4. The van der Waals surface area contributed by atoms with Gasteiger partial charge in [-0.2, -0.15) is 0 Å². The zero-order chi connectivity index (χ0) is 14.0. The molecule has 1 heterocycles. The van der Waals surface area contributed by atoms with Gasteiger partial charge in [-0.1, -0.05) is 13.0 Å². The Hall–Kier alpha value is -0.300. The first-order chi connectivity index (χ1) is 9.04. The smallest absolute Gasteiger partial charge is 0.131 e. The van der Waals surface area contributed by atoms with E-state index >= 15 is 0 Å². The third-order valence-electron chi connectivity index (χ3n) is 2.65. The highest BCUT2D eigenvalue weighted by atomic mass is 79.9. The van der Waals surface area contributed by atoms with Crippen molar-refractivity contribution < 1.29 is 8.78 Å². The lowest BCUT2D eigenvalue weighted by atomic mass is 10.0. The number of hydrogen-bond donors (Lipinski definition) is 1. The summed E-state index contributed by atoms with van der Waals surface area (Å²) in [4.78, 5) is 0.851. The fourth-order valence-electron chi connectivity index (χ4n) is 1.84. The highest BCUT2D eigenvalue weighted by Gasteiger charge is 2.23. The van der Waals surface area contributed by atoms with E-state index in [1.807, 2.05) is 13.0 Å². The fourth-order valence-corrected chi connectivity index (χ4v) is 4.02. The van der Waals surface area contributed by atoms with Crippen molar-refractivity contribution in [2.24, 2.45) is 0 Å². The molecule has 0 bridgehead atoms. The summed E-state index contributed by atoms with van der Waals surface area (Å²) >= 11 is 8.24. The molecule has 0 aliphatic heterocycles. The average Bonchev–Trinajstić information content (AvgIpc) is 2.68. The molecule has 0 aliphatic carbocycles. The minimum absolute atomic E-state index is 0.0607. The van der Waals surface area contributed by atoms with Crippen molar-refractivity contribution in [1.29, 1.82) is 0 Å². The van der Waals surface area contributed by atoms with Gasteiger partial charge in [-0.3, -0.25) is 0 Å². The van der Waals surface area contributed by atoms with Crippen molar-refractivity contribution in [3.8, 4) is 0 Å². The molecule has 0 amide bonds. The second-order valence-electron chi connectivity index (χ2n) is 3.90. The van der Waals surface area contributed by atoms with Crippen molar-refractivity contribution >= 4 is 43.2 Å². The molecule has 1 aromatic heterocycles. The SMILES string of the molecule is CCNC(c1cc(Br)c(Br)s1)c1c(F)cccc1F. The third-order valence-corrected chi connectivity index (χ3v) is 5.97. The first kappa shape index (κ1) is 15.1. The number of nitrogens with one attached hydrogen (secondary N) is 1. The van der Waals surface area contributed by atoms with E-state index in [9.17, 15) is 8.78 Å². The van der Waals surface area contributed by atoms with Crippen LogP contribution in [0.4, 0.5) is 8.78 Å². The van der Waals surface area contributed by atoms with Crippen molar-refractivity contribution in [2.45, 2.75) is 13.0 Å². The molecule has 0 fully saturated rings. The van der Waals surface area contributed by atoms with Crippen LogP contribution in [0.2, 0.25) is 0 Å². The van der Waals surface area contributed by atoms with Crippen LogP contribution in [0.25, 0.3) is 0 Å². The molecule has 2 aromatic rings. The number of benzene rings is 1. The normalized spacial score (nSPS) is 12.7. The second-order valence-corrected chi connectivity index (χ2v) is 7.15. The summed E-state index contributed by atoms with van der Waals surface area (Å²) in [5.41, 5.74) is 0.0607. The highest BCUT2D eigenvalue weighted by molar-refractivity contribution is 9.13. The fraction of sp³-hybridized carbons (Fsp3) is 0.231. The maximum Gasteiger partial charge on any atom is 0.131 e. The molecule has 1 aromatic carbocycles. The largest absolute Gasteiger partial charge is 0.306 e. The van der Waals surface area contributed by atoms with Crippen LogP contribution in [0, 0.1) is 11.6 Å². The first-order valence-electron chi connectivity index (χ1n) is 5.66. The lowest BCUT2D eigenvalue weighted by molar-refractivity contribution is 0.513. The van der Waals surface area contributed by atoms with E-state index in [-0.39, 0.29) is 5.56 Å². The van der Waals surface area contributed by atoms with Gasteiger partial charge in [-0.25, -0.2) is 8.78 Å². The van der Waals surface area contributed by atoms with Gasteiger partial charge in [0.2, 0.25) is 0 Å². The van der Waals surface area contributed by atoms with Crippen LogP contribution in [0.1, 0.15) is 23.4 Å². The van der Waals surface area contributed by atoms with E-state index in [0.717, 1.165) is 13.1 Å². The lowest BCUT2D eigenvalue weighted by Crippen LogP contribution is -2.23. The number of hydrogen-bond acceptors (Lipinski definition) is 2. The Morgan fingerprint density at radius 1 is 1.26 bits per heavy atom. The van der Waals surface area contributed by atoms with Gasteiger partial charge in [0.25, 0.3) is 0 Å².